The van der Waals surface area contributed by atoms with Gasteiger partial charge in [0.1, 0.15) is 5.82 Å². The molecule has 0 radical (unpaired) electrons. The highest BCUT2D eigenvalue weighted by atomic mass is 19.1. The van der Waals surface area contributed by atoms with Crippen molar-refractivity contribution in [3.05, 3.63) is 65.7 Å². The molecule has 0 aliphatic carbocycles. The second kappa shape index (κ2) is 7.51. The summed E-state index contributed by atoms with van der Waals surface area (Å²) >= 11 is 0. The molecule has 4 rings (SSSR count). The number of halogens is 1. The van der Waals surface area contributed by atoms with Crippen LogP contribution in [0, 0.1) is 11.7 Å². The van der Waals surface area contributed by atoms with Crippen molar-refractivity contribution >= 4 is 5.91 Å². The van der Waals surface area contributed by atoms with Crippen molar-refractivity contribution in [1.82, 2.24) is 20.7 Å². The Morgan fingerprint density at radius 1 is 1.19 bits per heavy atom. The van der Waals surface area contributed by atoms with E-state index in [1.165, 1.54) is 12.1 Å². The summed E-state index contributed by atoms with van der Waals surface area (Å²) in [5.41, 5.74) is 7.96. The molecule has 5 nitrogen and oxygen atoms in total. The number of likely N-dealkylation sites (tertiary alicyclic amines) is 1. The van der Waals surface area contributed by atoms with E-state index in [2.05, 4.69) is 15.8 Å². The van der Waals surface area contributed by atoms with Crippen molar-refractivity contribution in [1.29, 1.82) is 0 Å². The highest BCUT2D eigenvalue weighted by molar-refractivity contribution is 5.81. The van der Waals surface area contributed by atoms with Crippen molar-refractivity contribution in [2.45, 2.75) is 31.3 Å². The van der Waals surface area contributed by atoms with Gasteiger partial charge in [-0.2, -0.15) is 0 Å². The molecule has 1 aromatic carbocycles. The molecule has 2 saturated heterocycles. The Labute approximate surface area is 152 Å². The van der Waals surface area contributed by atoms with Crippen LogP contribution in [0.5, 0.6) is 0 Å². The Bertz CT molecular complexity index is 769. The Morgan fingerprint density at radius 3 is 2.92 bits per heavy atom. The van der Waals surface area contributed by atoms with Gasteiger partial charge in [-0.25, -0.2) is 9.82 Å². The van der Waals surface area contributed by atoms with Crippen molar-refractivity contribution in [3.8, 4) is 0 Å². The van der Waals surface area contributed by atoms with Crippen molar-refractivity contribution < 1.29 is 9.18 Å². The predicted octanol–water partition coefficient (Wildman–Crippen LogP) is 2.74. The minimum absolute atomic E-state index is 0.0196. The zero-order chi connectivity index (χ0) is 17.9. The van der Waals surface area contributed by atoms with Gasteiger partial charge in [-0.15, -0.1) is 0 Å². The summed E-state index contributed by atoms with van der Waals surface area (Å²) in [6, 6.07) is 12.1. The van der Waals surface area contributed by atoms with Gasteiger partial charge in [-0.05, 0) is 49.1 Å². The minimum atomic E-state index is -0.285. The molecule has 3 unspecified atom stereocenters. The summed E-state index contributed by atoms with van der Waals surface area (Å²) in [6.45, 7) is 1.28. The molecule has 0 bridgehead atoms. The zero-order valence-corrected chi connectivity index (χ0v) is 14.6. The third-order valence-electron chi connectivity index (χ3n) is 5.32. The number of piperidine rings is 1. The van der Waals surface area contributed by atoms with Crippen LogP contribution < -0.4 is 10.9 Å². The summed E-state index contributed by atoms with van der Waals surface area (Å²) in [5.74, 6) is -0.444. The molecule has 3 heterocycles. The molecule has 1 aromatic heterocycles. The number of amides is 1. The van der Waals surface area contributed by atoms with E-state index in [1.54, 1.807) is 12.3 Å². The maximum atomic E-state index is 13.6. The fourth-order valence-corrected chi connectivity index (χ4v) is 4.03. The Morgan fingerprint density at radius 2 is 2.12 bits per heavy atom. The summed E-state index contributed by atoms with van der Waals surface area (Å²) in [6.07, 6.45) is 4.81. The first-order valence-corrected chi connectivity index (χ1v) is 9.19. The highest BCUT2D eigenvalue weighted by Gasteiger charge is 2.39. The van der Waals surface area contributed by atoms with E-state index in [0.29, 0.717) is 6.54 Å². The molecule has 136 valence electrons. The monoisotopic (exact) mass is 354 g/mol. The van der Waals surface area contributed by atoms with Gasteiger partial charge in [0.2, 0.25) is 5.91 Å². The molecule has 6 heteroatoms. The lowest BCUT2D eigenvalue weighted by atomic mass is 9.91. The number of carbonyl (C=O) groups is 1. The van der Waals surface area contributed by atoms with Crippen LogP contribution in [0.4, 0.5) is 4.39 Å². The van der Waals surface area contributed by atoms with Gasteiger partial charge in [0.25, 0.3) is 0 Å². The molecule has 0 spiro atoms. The van der Waals surface area contributed by atoms with E-state index in [-0.39, 0.29) is 29.7 Å². The average Bonchev–Trinajstić information content (AvgIpc) is 3.18. The number of nitrogens with one attached hydrogen (secondary N) is 2. The fourth-order valence-electron chi connectivity index (χ4n) is 4.03. The lowest BCUT2D eigenvalue weighted by molar-refractivity contribution is -0.139. The van der Waals surface area contributed by atoms with Crippen molar-refractivity contribution in [2.75, 3.05) is 13.1 Å². The smallest absolute Gasteiger partial charge is 0.229 e. The topological polar surface area (TPSA) is 57.3 Å². The Hall–Kier alpha value is -2.31. The van der Waals surface area contributed by atoms with Gasteiger partial charge in [0.15, 0.2) is 0 Å². The highest BCUT2D eigenvalue weighted by Crippen LogP contribution is 2.34. The van der Waals surface area contributed by atoms with E-state index in [9.17, 15) is 9.18 Å². The van der Waals surface area contributed by atoms with Crippen LogP contribution in [0.15, 0.2) is 48.7 Å². The number of benzene rings is 1. The maximum absolute atomic E-state index is 13.6. The van der Waals surface area contributed by atoms with Crippen LogP contribution >= 0.6 is 0 Å². The zero-order valence-electron chi connectivity index (χ0n) is 14.6. The molecule has 2 N–H and O–H groups in total. The summed E-state index contributed by atoms with van der Waals surface area (Å²) in [7, 11) is 0. The minimum Gasteiger partial charge on any atom is -0.334 e. The predicted molar refractivity (Wildman–Crippen MR) is 96.3 cm³/mol. The second-order valence-corrected chi connectivity index (χ2v) is 6.96. The van der Waals surface area contributed by atoms with E-state index in [0.717, 1.165) is 37.1 Å². The van der Waals surface area contributed by atoms with Gasteiger partial charge in [-0.3, -0.25) is 15.2 Å². The van der Waals surface area contributed by atoms with Crippen molar-refractivity contribution in [2.24, 2.45) is 5.92 Å². The lowest BCUT2D eigenvalue weighted by Crippen LogP contribution is -2.44. The molecular weight excluding hydrogens is 331 g/mol. The Balaban J connectivity index is 1.58. The van der Waals surface area contributed by atoms with Gasteiger partial charge < -0.3 is 4.90 Å². The number of pyridine rings is 1. The SMILES string of the molecule is O=C(C1CNNC1c1cccc(F)c1)N1CCCCC1c1ccccn1. The van der Waals surface area contributed by atoms with E-state index >= 15 is 0 Å². The number of hydrogen-bond donors (Lipinski definition) is 2. The third kappa shape index (κ3) is 3.34. The van der Waals surface area contributed by atoms with Crippen LogP contribution in [0.2, 0.25) is 0 Å². The lowest BCUT2D eigenvalue weighted by Gasteiger charge is -2.37. The quantitative estimate of drug-likeness (QED) is 0.890. The largest absolute Gasteiger partial charge is 0.334 e. The van der Waals surface area contributed by atoms with Crippen molar-refractivity contribution in [3.63, 3.8) is 0 Å². The Kier molecular flexibility index (Phi) is 4.95. The molecule has 26 heavy (non-hydrogen) atoms. The molecule has 0 saturated carbocycles. The first kappa shape index (κ1) is 17.1. The standard InChI is InChI=1S/C20H23FN4O/c21-15-7-5-6-14(12-15)19-16(13-23-24-19)20(26)25-11-4-2-9-18(25)17-8-1-3-10-22-17/h1,3,5-8,10,12,16,18-19,23-24H,2,4,9,11,13H2. The number of hydrazine groups is 1. The number of nitrogens with zero attached hydrogens (tertiary/aromatic N) is 2. The summed E-state index contributed by atoms with van der Waals surface area (Å²) in [4.78, 5) is 19.8. The molecule has 2 fully saturated rings. The molecule has 2 aliphatic heterocycles. The van der Waals surface area contributed by atoms with Gasteiger partial charge >= 0.3 is 0 Å². The van der Waals surface area contributed by atoms with Crippen LogP contribution in [0.3, 0.4) is 0 Å². The van der Waals surface area contributed by atoms with E-state index in [1.807, 2.05) is 29.2 Å². The molecule has 1 amide bonds. The summed E-state index contributed by atoms with van der Waals surface area (Å²) in [5, 5.41) is 0. The van der Waals surface area contributed by atoms with Gasteiger partial charge in [0.05, 0.1) is 23.7 Å². The number of carbonyl (C=O) groups excluding carboxylic acids is 1. The van der Waals surface area contributed by atoms with E-state index < -0.39 is 0 Å². The van der Waals surface area contributed by atoms with Gasteiger partial charge in [-0.1, -0.05) is 18.2 Å². The summed E-state index contributed by atoms with van der Waals surface area (Å²) < 4.78 is 13.6. The first-order valence-electron chi connectivity index (χ1n) is 9.19. The molecule has 3 atom stereocenters. The fraction of sp³-hybridized carbons (Fsp3) is 0.400. The van der Waals surface area contributed by atoms with Crippen LogP contribution in [0.1, 0.15) is 42.6 Å². The van der Waals surface area contributed by atoms with Crippen LogP contribution in [0.25, 0.3) is 0 Å². The molecular formula is C20H23FN4O. The average molecular weight is 354 g/mol. The van der Waals surface area contributed by atoms with Gasteiger partial charge in [0, 0.05) is 19.3 Å². The van der Waals surface area contributed by atoms with Crippen LogP contribution in [-0.2, 0) is 4.79 Å². The van der Waals surface area contributed by atoms with Crippen LogP contribution in [-0.4, -0.2) is 28.9 Å². The molecule has 2 aromatic rings. The maximum Gasteiger partial charge on any atom is 0.229 e. The number of aromatic nitrogens is 1. The normalized spacial score (nSPS) is 26.0. The number of rotatable bonds is 3. The van der Waals surface area contributed by atoms with E-state index in [4.69, 9.17) is 0 Å². The first-order chi connectivity index (χ1) is 12.7. The number of hydrogen-bond acceptors (Lipinski definition) is 4. The second-order valence-electron chi connectivity index (χ2n) is 6.96. The third-order valence-corrected chi connectivity index (χ3v) is 5.32. The molecule has 2 aliphatic rings.